The Labute approximate surface area is 128 Å². The van der Waals surface area contributed by atoms with Crippen LogP contribution in [0.25, 0.3) is 0 Å². The quantitative estimate of drug-likeness (QED) is 0.839. The minimum atomic E-state index is -0.0693. The Balaban J connectivity index is 2.04. The van der Waals surface area contributed by atoms with Crippen LogP contribution in [0.3, 0.4) is 0 Å². The molecule has 0 saturated heterocycles. The third-order valence-corrected chi connectivity index (χ3v) is 4.07. The van der Waals surface area contributed by atoms with Gasteiger partial charge in [-0.15, -0.1) is 11.8 Å². The molecule has 2 nitrogen and oxygen atoms in total. The summed E-state index contributed by atoms with van der Waals surface area (Å²) in [5.74, 6) is -0.0693. The highest BCUT2D eigenvalue weighted by molar-refractivity contribution is 7.98. The zero-order valence-corrected chi connectivity index (χ0v) is 13.0. The van der Waals surface area contributed by atoms with Crippen LogP contribution in [0.4, 0.5) is 0 Å². The molecule has 4 heteroatoms. The van der Waals surface area contributed by atoms with Crippen molar-refractivity contribution in [2.24, 2.45) is 0 Å². The molecule has 0 aliphatic rings. The fourth-order valence-corrected chi connectivity index (χ4v) is 2.39. The first kappa shape index (κ1) is 14.9. The van der Waals surface area contributed by atoms with Crippen LogP contribution < -0.4 is 5.32 Å². The summed E-state index contributed by atoms with van der Waals surface area (Å²) in [6, 6.07) is 15.0. The number of hydrogen-bond donors (Lipinski definition) is 1. The lowest BCUT2D eigenvalue weighted by Gasteiger charge is -2.14. The van der Waals surface area contributed by atoms with Gasteiger partial charge in [0.15, 0.2) is 0 Å². The predicted molar refractivity (Wildman–Crippen MR) is 85.6 cm³/mol. The number of benzene rings is 2. The number of carbonyl (C=O) groups is 1. The maximum Gasteiger partial charge on any atom is 0.251 e. The Bertz CT molecular complexity index is 580. The third-order valence-electron chi connectivity index (χ3n) is 3.07. The number of rotatable bonds is 4. The van der Waals surface area contributed by atoms with Gasteiger partial charge in [0, 0.05) is 15.5 Å². The maximum atomic E-state index is 12.2. The van der Waals surface area contributed by atoms with Crippen LogP contribution in [-0.4, -0.2) is 12.2 Å². The molecule has 0 aliphatic carbocycles. The Hall–Kier alpha value is -1.45. The average molecular weight is 306 g/mol. The molecule has 2 aromatic rings. The Morgan fingerprint density at radius 1 is 1.10 bits per heavy atom. The molecule has 2 aromatic carbocycles. The molecule has 0 saturated carbocycles. The Morgan fingerprint density at radius 3 is 2.25 bits per heavy atom. The molecule has 0 aromatic heterocycles. The number of amides is 1. The van der Waals surface area contributed by atoms with Gasteiger partial charge in [0.05, 0.1) is 6.04 Å². The number of halogens is 1. The molecular weight excluding hydrogens is 290 g/mol. The summed E-state index contributed by atoms with van der Waals surface area (Å²) >= 11 is 7.51. The molecule has 0 bridgehead atoms. The monoisotopic (exact) mass is 305 g/mol. The molecule has 0 fully saturated rings. The second-order valence-corrected chi connectivity index (χ2v) is 5.79. The first-order valence-corrected chi connectivity index (χ1v) is 7.91. The van der Waals surface area contributed by atoms with E-state index in [0.717, 1.165) is 10.5 Å². The van der Waals surface area contributed by atoms with Crippen LogP contribution in [0.5, 0.6) is 0 Å². The lowest BCUT2D eigenvalue weighted by Crippen LogP contribution is -2.26. The van der Waals surface area contributed by atoms with E-state index >= 15 is 0 Å². The molecule has 1 atom stereocenters. The minimum Gasteiger partial charge on any atom is -0.346 e. The zero-order valence-electron chi connectivity index (χ0n) is 11.4. The first-order valence-electron chi connectivity index (χ1n) is 6.30. The molecule has 0 radical (unpaired) electrons. The van der Waals surface area contributed by atoms with Crippen LogP contribution in [0.15, 0.2) is 53.4 Å². The van der Waals surface area contributed by atoms with Crippen LogP contribution >= 0.6 is 23.4 Å². The summed E-state index contributed by atoms with van der Waals surface area (Å²) < 4.78 is 0. The highest BCUT2D eigenvalue weighted by atomic mass is 35.5. The molecule has 1 unspecified atom stereocenters. The molecule has 0 aliphatic heterocycles. The van der Waals surface area contributed by atoms with E-state index in [-0.39, 0.29) is 11.9 Å². The predicted octanol–water partition coefficient (Wildman–Crippen LogP) is 4.55. The highest BCUT2D eigenvalue weighted by Gasteiger charge is 2.11. The summed E-state index contributed by atoms with van der Waals surface area (Å²) in [4.78, 5) is 13.3. The smallest absolute Gasteiger partial charge is 0.251 e. The van der Waals surface area contributed by atoms with Crippen LogP contribution in [0.2, 0.25) is 5.02 Å². The summed E-state index contributed by atoms with van der Waals surface area (Å²) in [5.41, 5.74) is 1.70. The van der Waals surface area contributed by atoms with E-state index < -0.39 is 0 Å². The van der Waals surface area contributed by atoms with Crippen molar-refractivity contribution in [2.75, 3.05) is 6.26 Å². The van der Waals surface area contributed by atoms with Gasteiger partial charge < -0.3 is 5.32 Å². The van der Waals surface area contributed by atoms with Gasteiger partial charge in [-0.1, -0.05) is 23.7 Å². The molecule has 0 heterocycles. The number of thioether (sulfide) groups is 1. The summed E-state index contributed by atoms with van der Waals surface area (Å²) in [7, 11) is 0. The fourth-order valence-electron chi connectivity index (χ4n) is 1.86. The Kier molecular flexibility index (Phi) is 5.10. The molecule has 1 N–H and O–H groups in total. The van der Waals surface area contributed by atoms with Gasteiger partial charge in [0.1, 0.15) is 0 Å². The normalized spacial score (nSPS) is 11.9. The number of carbonyl (C=O) groups excluding carboxylic acids is 1. The SMILES string of the molecule is CSc1ccc(C(=O)NC(C)c2ccc(Cl)cc2)cc1. The first-order chi connectivity index (χ1) is 9.60. The topological polar surface area (TPSA) is 29.1 Å². The van der Waals surface area contributed by atoms with Crippen molar-refractivity contribution < 1.29 is 4.79 Å². The molecule has 1 amide bonds. The maximum absolute atomic E-state index is 12.2. The van der Waals surface area contributed by atoms with E-state index in [1.807, 2.05) is 61.7 Å². The lowest BCUT2D eigenvalue weighted by atomic mass is 10.1. The van der Waals surface area contributed by atoms with Crippen LogP contribution in [-0.2, 0) is 0 Å². The Morgan fingerprint density at radius 2 is 1.70 bits per heavy atom. The van der Waals surface area contributed by atoms with Gasteiger partial charge >= 0.3 is 0 Å². The second-order valence-electron chi connectivity index (χ2n) is 4.48. The molecular formula is C16H16ClNOS. The van der Waals surface area contributed by atoms with E-state index in [1.165, 1.54) is 0 Å². The second kappa shape index (κ2) is 6.82. The van der Waals surface area contributed by atoms with E-state index in [9.17, 15) is 4.79 Å². The van der Waals surface area contributed by atoms with Crippen molar-refractivity contribution in [1.29, 1.82) is 0 Å². The van der Waals surface area contributed by atoms with Gasteiger partial charge in [0.2, 0.25) is 0 Å². The van der Waals surface area contributed by atoms with Gasteiger partial charge in [-0.25, -0.2) is 0 Å². The number of hydrogen-bond acceptors (Lipinski definition) is 2. The van der Waals surface area contributed by atoms with Crippen molar-refractivity contribution in [3.8, 4) is 0 Å². The molecule has 104 valence electrons. The van der Waals surface area contributed by atoms with Crippen molar-refractivity contribution in [3.05, 3.63) is 64.7 Å². The van der Waals surface area contributed by atoms with Crippen molar-refractivity contribution in [3.63, 3.8) is 0 Å². The van der Waals surface area contributed by atoms with E-state index in [2.05, 4.69) is 5.32 Å². The van der Waals surface area contributed by atoms with Gasteiger partial charge in [-0.05, 0) is 55.1 Å². The lowest BCUT2D eigenvalue weighted by molar-refractivity contribution is 0.0940. The van der Waals surface area contributed by atoms with Crippen LogP contribution in [0, 0.1) is 0 Å². The summed E-state index contributed by atoms with van der Waals surface area (Å²) in [5, 5.41) is 3.67. The standard InChI is InChI=1S/C16H16ClNOS/c1-11(12-3-7-14(17)8-4-12)18-16(19)13-5-9-15(20-2)10-6-13/h3-11H,1-2H3,(H,18,19). The van der Waals surface area contributed by atoms with Gasteiger partial charge in [0.25, 0.3) is 5.91 Å². The van der Waals surface area contributed by atoms with Gasteiger partial charge in [-0.3, -0.25) is 4.79 Å². The van der Waals surface area contributed by atoms with Gasteiger partial charge in [-0.2, -0.15) is 0 Å². The summed E-state index contributed by atoms with van der Waals surface area (Å²) in [6.45, 7) is 1.96. The summed E-state index contributed by atoms with van der Waals surface area (Å²) in [6.07, 6.45) is 2.01. The fraction of sp³-hybridized carbons (Fsp3) is 0.188. The van der Waals surface area contributed by atoms with Crippen molar-refractivity contribution >= 4 is 29.3 Å². The minimum absolute atomic E-state index is 0.0556. The van der Waals surface area contributed by atoms with Crippen LogP contribution in [0.1, 0.15) is 28.9 Å². The largest absolute Gasteiger partial charge is 0.346 e. The van der Waals surface area contributed by atoms with E-state index in [4.69, 9.17) is 11.6 Å². The van der Waals surface area contributed by atoms with E-state index in [0.29, 0.717) is 10.6 Å². The van der Waals surface area contributed by atoms with E-state index in [1.54, 1.807) is 11.8 Å². The zero-order chi connectivity index (χ0) is 14.5. The van der Waals surface area contributed by atoms with Crippen molar-refractivity contribution in [2.45, 2.75) is 17.9 Å². The van der Waals surface area contributed by atoms with Crippen molar-refractivity contribution in [1.82, 2.24) is 5.32 Å². The third kappa shape index (κ3) is 3.78. The molecule has 0 spiro atoms. The highest BCUT2D eigenvalue weighted by Crippen LogP contribution is 2.18. The molecule has 20 heavy (non-hydrogen) atoms. The number of nitrogens with one attached hydrogen (secondary N) is 1. The molecule has 2 rings (SSSR count). The average Bonchev–Trinajstić information content (AvgIpc) is 2.48.